The van der Waals surface area contributed by atoms with Crippen LogP contribution in [0.5, 0.6) is 0 Å². The predicted octanol–water partition coefficient (Wildman–Crippen LogP) is 5.39. The maximum absolute atomic E-state index is 2.59. The molecular formula is C24H28PSi+. The summed E-state index contributed by atoms with van der Waals surface area (Å²) < 4.78 is 0.462. The van der Waals surface area contributed by atoms with Crippen LogP contribution < -0.4 is 15.9 Å². The van der Waals surface area contributed by atoms with E-state index in [1.54, 1.807) is 15.9 Å². The Labute approximate surface area is 159 Å². The van der Waals surface area contributed by atoms with Crippen molar-refractivity contribution in [1.82, 2.24) is 0 Å². The first-order chi connectivity index (χ1) is 12.5. The van der Waals surface area contributed by atoms with Crippen molar-refractivity contribution in [2.24, 2.45) is 0 Å². The van der Waals surface area contributed by atoms with E-state index in [0.717, 1.165) is 0 Å². The minimum atomic E-state index is -1.70. The van der Waals surface area contributed by atoms with E-state index in [-0.39, 0.29) is 0 Å². The van der Waals surface area contributed by atoms with Crippen LogP contribution in [0.15, 0.2) is 91.0 Å². The van der Waals surface area contributed by atoms with Gasteiger partial charge in [0.05, 0.1) is 12.9 Å². The van der Waals surface area contributed by atoms with Gasteiger partial charge < -0.3 is 0 Å². The molecule has 0 heterocycles. The molecule has 0 spiro atoms. The quantitative estimate of drug-likeness (QED) is 0.414. The van der Waals surface area contributed by atoms with Crippen molar-refractivity contribution in [2.45, 2.75) is 37.3 Å². The molecule has 0 unspecified atom stereocenters. The third-order valence-electron chi connectivity index (χ3n) is 6.19. The van der Waals surface area contributed by atoms with E-state index < -0.39 is 15.3 Å². The fraction of sp³-hybridized carbons (Fsp3) is 0.250. The van der Waals surface area contributed by atoms with Gasteiger partial charge in [0.2, 0.25) is 0 Å². The minimum Gasteiger partial charge on any atom is -0.0657 e. The van der Waals surface area contributed by atoms with E-state index in [1.165, 1.54) is 12.8 Å². The van der Waals surface area contributed by atoms with Crippen LogP contribution in [-0.4, -0.2) is 12.9 Å². The lowest BCUT2D eigenvalue weighted by atomic mass is 10.4. The Bertz CT molecular complexity index is 766. The highest BCUT2D eigenvalue weighted by molar-refractivity contribution is 7.98. The molecule has 132 valence electrons. The summed E-state index contributed by atoms with van der Waals surface area (Å²) in [6, 6.07) is 34.2. The molecule has 1 saturated carbocycles. The van der Waals surface area contributed by atoms with Crippen molar-refractivity contribution >= 4 is 31.2 Å². The predicted molar refractivity (Wildman–Crippen MR) is 120 cm³/mol. The van der Waals surface area contributed by atoms with Crippen LogP contribution in [0.1, 0.15) is 12.8 Å². The summed E-state index contributed by atoms with van der Waals surface area (Å²) >= 11 is 0. The van der Waals surface area contributed by atoms with Crippen molar-refractivity contribution < 1.29 is 0 Å². The molecule has 0 bridgehead atoms. The van der Waals surface area contributed by atoms with Gasteiger partial charge in [-0.1, -0.05) is 74.2 Å². The molecule has 0 nitrogen and oxygen atoms in total. The Balaban J connectivity index is 2.12. The molecule has 1 aliphatic rings. The summed E-state index contributed by atoms with van der Waals surface area (Å²) in [6.45, 7) is 7.76. The lowest BCUT2D eigenvalue weighted by Crippen LogP contribution is -2.51. The summed E-state index contributed by atoms with van der Waals surface area (Å²) in [6.07, 6.45) is 2.74. The number of rotatable bonds is 5. The molecule has 0 N–H and O–H groups in total. The minimum absolute atomic E-state index is 0.462. The molecule has 3 aromatic carbocycles. The molecule has 4 rings (SSSR count). The van der Waals surface area contributed by atoms with Gasteiger partial charge in [-0.15, -0.1) is 0 Å². The van der Waals surface area contributed by atoms with Crippen LogP contribution in [-0.2, 0) is 0 Å². The van der Waals surface area contributed by atoms with Crippen molar-refractivity contribution in [3.05, 3.63) is 91.0 Å². The zero-order chi connectivity index (χ0) is 18.3. The molecule has 1 fully saturated rings. The summed E-state index contributed by atoms with van der Waals surface area (Å²) in [5.41, 5.74) is 0. The van der Waals surface area contributed by atoms with Gasteiger partial charge in [0, 0.05) is 0 Å². The largest absolute Gasteiger partial charge is 0.114 e. The second kappa shape index (κ2) is 6.48. The van der Waals surface area contributed by atoms with E-state index >= 15 is 0 Å². The molecule has 0 aromatic heterocycles. The Morgan fingerprint density at radius 3 is 1.12 bits per heavy atom. The summed E-state index contributed by atoms with van der Waals surface area (Å²) in [7, 11) is -3.11. The highest BCUT2D eigenvalue weighted by atomic mass is 31.2. The molecule has 2 heteroatoms. The van der Waals surface area contributed by atoms with E-state index in [4.69, 9.17) is 0 Å². The second-order valence-corrected chi connectivity index (χ2v) is 18.1. The van der Waals surface area contributed by atoms with Crippen LogP contribution >= 0.6 is 7.26 Å². The van der Waals surface area contributed by atoms with E-state index in [2.05, 4.69) is 111 Å². The van der Waals surface area contributed by atoms with Gasteiger partial charge in [-0.2, -0.15) is 0 Å². The Kier molecular flexibility index (Phi) is 4.41. The van der Waals surface area contributed by atoms with E-state index in [0.29, 0.717) is 4.78 Å². The van der Waals surface area contributed by atoms with Gasteiger partial charge in [0.15, 0.2) is 0 Å². The molecule has 3 aromatic rings. The van der Waals surface area contributed by atoms with Gasteiger partial charge in [-0.05, 0) is 49.2 Å². The molecule has 1 aliphatic carbocycles. The normalized spacial score (nSPS) is 16.3. The average Bonchev–Trinajstić information content (AvgIpc) is 3.47. The summed E-state index contributed by atoms with van der Waals surface area (Å²) in [5.74, 6) is 0. The van der Waals surface area contributed by atoms with Crippen molar-refractivity contribution in [1.29, 1.82) is 0 Å². The van der Waals surface area contributed by atoms with Gasteiger partial charge in [-0.25, -0.2) is 0 Å². The second-order valence-electron chi connectivity index (χ2n) is 8.46. The molecule has 0 radical (unpaired) electrons. The third-order valence-corrected chi connectivity index (χ3v) is 17.5. The molecule has 26 heavy (non-hydrogen) atoms. The lowest BCUT2D eigenvalue weighted by Gasteiger charge is -2.41. The first-order valence-electron chi connectivity index (χ1n) is 9.58. The highest BCUT2D eigenvalue weighted by Gasteiger charge is 2.74. The third kappa shape index (κ3) is 2.53. The van der Waals surface area contributed by atoms with Crippen LogP contribution in [0.2, 0.25) is 19.6 Å². The van der Waals surface area contributed by atoms with Crippen LogP contribution in [0.4, 0.5) is 0 Å². The Morgan fingerprint density at radius 2 is 0.885 bits per heavy atom. The zero-order valence-corrected chi connectivity index (χ0v) is 17.9. The smallest absolute Gasteiger partial charge is 0.0657 e. The van der Waals surface area contributed by atoms with Crippen molar-refractivity contribution in [3.63, 3.8) is 0 Å². The molecule has 0 amide bonds. The van der Waals surface area contributed by atoms with Crippen molar-refractivity contribution in [2.75, 3.05) is 0 Å². The molecule has 0 atom stereocenters. The number of benzene rings is 3. The fourth-order valence-corrected chi connectivity index (χ4v) is 16.7. The van der Waals surface area contributed by atoms with Gasteiger partial charge in [0.1, 0.15) is 23.2 Å². The maximum Gasteiger partial charge on any atom is 0.114 e. The van der Waals surface area contributed by atoms with Crippen molar-refractivity contribution in [3.8, 4) is 0 Å². The van der Waals surface area contributed by atoms with Crippen LogP contribution in [0.3, 0.4) is 0 Å². The van der Waals surface area contributed by atoms with E-state index in [1.807, 2.05) is 0 Å². The van der Waals surface area contributed by atoms with E-state index in [9.17, 15) is 0 Å². The first kappa shape index (κ1) is 17.7. The summed E-state index contributed by atoms with van der Waals surface area (Å²) in [5, 5.41) is 4.66. The van der Waals surface area contributed by atoms with Crippen LogP contribution in [0, 0.1) is 0 Å². The summed E-state index contributed by atoms with van der Waals surface area (Å²) in [4.78, 5) is 0. The number of hydrogen-bond acceptors (Lipinski definition) is 0. The standard InChI is InChI=1S/C24H28PSi/c1-26(2,3)24(19-20-24)25(21-13-7-4-8-14-21,22-15-9-5-10-16-22)23-17-11-6-12-18-23/h4-18H,19-20H2,1-3H3/q+1. The Hall–Kier alpha value is -1.69. The zero-order valence-electron chi connectivity index (χ0n) is 16.0. The van der Waals surface area contributed by atoms with Gasteiger partial charge in [0.25, 0.3) is 0 Å². The van der Waals surface area contributed by atoms with Gasteiger partial charge in [-0.3, -0.25) is 0 Å². The van der Waals surface area contributed by atoms with Crippen LogP contribution in [0.25, 0.3) is 0 Å². The molecular weight excluding hydrogens is 347 g/mol. The molecule has 0 aliphatic heterocycles. The fourth-order valence-electron chi connectivity index (χ4n) is 4.85. The monoisotopic (exact) mass is 375 g/mol. The average molecular weight is 376 g/mol. The topological polar surface area (TPSA) is 0 Å². The van der Waals surface area contributed by atoms with Gasteiger partial charge >= 0.3 is 0 Å². The maximum atomic E-state index is 2.59. The number of hydrogen-bond donors (Lipinski definition) is 0. The highest BCUT2D eigenvalue weighted by Crippen LogP contribution is 2.78. The molecule has 0 saturated heterocycles. The first-order valence-corrected chi connectivity index (χ1v) is 14.9. The lowest BCUT2D eigenvalue weighted by molar-refractivity contribution is 1.22. The Morgan fingerprint density at radius 1 is 0.577 bits per heavy atom. The SMILES string of the molecule is C[Si](C)(C)C1([P+](c2ccccc2)(c2ccccc2)c2ccccc2)CC1.